The second-order valence-electron chi connectivity index (χ2n) is 4.00. The molecule has 1 rings (SSSR count). The van der Waals surface area contributed by atoms with Gasteiger partial charge in [-0.25, -0.2) is 0 Å². The van der Waals surface area contributed by atoms with Crippen LogP contribution in [-0.2, 0) is 11.3 Å². The molecule has 16 heavy (non-hydrogen) atoms. The molecular weight excluding hydrogens is 222 g/mol. The number of rotatable bonds is 5. The van der Waals surface area contributed by atoms with Gasteiger partial charge in [0.2, 0.25) is 5.91 Å². The summed E-state index contributed by atoms with van der Waals surface area (Å²) in [7, 11) is 0. The Morgan fingerprint density at radius 2 is 2.12 bits per heavy atom. The predicted octanol–water partition coefficient (Wildman–Crippen LogP) is 3.39. The van der Waals surface area contributed by atoms with Crippen LogP contribution in [-0.4, -0.2) is 5.91 Å². The molecule has 0 spiro atoms. The topological polar surface area (TPSA) is 29.1 Å². The van der Waals surface area contributed by atoms with Crippen molar-refractivity contribution in [2.45, 2.75) is 33.2 Å². The summed E-state index contributed by atoms with van der Waals surface area (Å²) < 4.78 is 0. The van der Waals surface area contributed by atoms with Gasteiger partial charge in [0.15, 0.2) is 0 Å². The van der Waals surface area contributed by atoms with Crippen molar-refractivity contribution >= 4 is 17.5 Å². The lowest BCUT2D eigenvalue weighted by Gasteiger charge is -2.11. The highest BCUT2D eigenvalue weighted by Crippen LogP contribution is 2.14. The Labute approximate surface area is 102 Å². The van der Waals surface area contributed by atoms with E-state index in [9.17, 15) is 4.79 Å². The van der Waals surface area contributed by atoms with Gasteiger partial charge in [0.05, 0.1) is 0 Å². The molecule has 0 unspecified atom stereocenters. The molecule has 88 valence electrons. The van der Waals surface area contributed by atoms with Gasteiger partial charge in [-0.15, -0.1) is 0 Å². The maximum Gasteiger partial charge on any atom is 0.223 e. The van der Waals surface area contributed by atoms with E-state index in [-0.39, 0.29) is 11.8 Å². The zero-order chi connectivity index (χ0) is 12.0. The van der Waals surface area contributed by atoms with Crippen molar-refractivity contribution in [1.29, 1.82) is 0 Å². The van der Waals surface area contributed by atoms with Crippen molar-refractivity contribution in [2.24, 2.45) is 5.92 Å². The van der Waals surface area contributed by atoms with Crippen LogP contribution in [0.25, 0.3) is 0 Å². The van der Waals surface area contributed by atoms with Crippen LogP contribution >= 0.6 is 11.6 Å². The quantitative estimate of drug-likeness (QED) is 0.839. The van der Waals surface area contributed by atoms with Crippen molar-refractivity contribution < 1.29 is 4.79 Å². The summed E-state index contributed by atoms with van der Waals surface area (Å²) in [6.45, 7) is 4.54. The third-order valence-electron chi connectivity index (χ3n) is 2.58. The number of hydrogen-bond acceptors (Lipinski definition) is 1. The lowest BCUT2D eigenvalue weighted by molar-refractivity contribution is -0.124. The van der Waals surface area contributed by atoms with E-state index >= 15 is 0 Å². The van der Waals surface area contributed by atoms with Crippen LogP contribution in [0, 0.1) is 5.92 Å². The molecule has 0 heterocycles. The fourth-order valence-corrected chi connectivity index (χ4v) is 1.76. The maximum absolute atomic E-state index is 11.7. The van der Waals surface area contributed by atoms with Crippen LogP contribution in [0.2, 0.25) is 5.02 Å². The van der Waals surface area contributed by atoms with Gasteiger partial charge in [0.1, 0.15) is 0 Å². The standard InChI is InChI=1S/C13H18ClNO/c1-3-6-10(2)13(16)15-9-11-7-4-5-8-12(11)14/h4-5,7-8,10H,3,6,9H2,1-2H3,(H,15,16)/t10-/m1/s1. The van der Waals surface area contributed by atoms with E-state index in [1.807, 2.05) is 31.2 Å². The van der Waals surface area contributed by atoms with Crippen molar-refractivity contribution in [2.75, 3.05) is 0 Å². The van der Waals surface area contributed by atoms with Crippen LogP contribution in [0.1, 0.15) is 32.3 Å². The van der Waals surface area contributed by atoms with Gasteiger partial charge in [-0.05, 0) is 18.1 Å². The summed E-state index contributed by atoms with van der Waals surface area (Å²) in [5.74, 6) is 0.175. The number of hydrogen-bond donors (Lipinski definition) is 1. The molecule has 0 aromatic heterocycles. The Morgan fingerprint density at radius 3 is 2.75 bits per heavy atom. The molecule has 1 aromatic carbocycles. The highest BCUT2D eigenvalue weighted by Gasteiger charge is 2.11. The smallest absolute Gasteiger partial charge is 0.223 e. The minimum Gasteiger partial charge on any atom is -0.352 e. The van der Waals surface area contributed by atoms with Gasteiger partial charge < -0.3 is 5.32 Å². The highest BCUT2D eigenvalue weighted by molar-refractivity contribution is 6.31. The molecule has 0 fully saturated rings. The van der Waals surface area contributed by atoms with E-state index in [0.717, 1.165) is 18.4 Å². The first-order chi connectivity index (χ1) is 7.65. The fraction of sp³-hybridized carbons (Fsp3) is 0.462. The molecule has 0 radical (unpaired) electrons. The zero-order valence-corrected chi connectivity index (χ0v) is 10.6. The first-order valence-electron chi connectivity index (χ1n) is 5.66. The normalized spacial score (nSPS) is 12.2. The highest BCUT2D eigenvalue weighted by atomic mass is 35.5. The molecule has 1 atom stereocenters. The van der Waals surface area contributed by atoms with Crippen LogP contribution in [0.5, 0.6) is 0 Å². The SMILES string of the molecule is CCC[C@@H](C)C(=O)NCc1ccccc1Cl. The summed E-state index contributed by atoms with van der Waals surface area (Å²) in [5.41, 5.74) is 0.959. The summed E-state index contributed by atoms with van der Waals surface area (Å²) in [6.07, 6.45) is 1.95. The van der Waals surface area contributed by atoms with Gasteiger partial charge in [0.25, 0.3) is 0 Å². The average molecular weight is 240 g/mol. The van der Waals surface area contributed by atoms with Crippen LogP contribution < -0.4 is 5.32 Å². The molecule has 0 aliphatic rings. The van der Waals surface area contributed by atoms with Gasteiger partial charge in [0, 0.05) is 17.5 Å². The van der Waals surface area contributed by atoms with E-state index in [1.165, 1.54) is 0 Å². The minimum atomic E-state index is 0.0764. The number of amides is 1. The predicted molar refractivity (Wildman–Crippen MR) is 67.4 cm³/mol. The second kappa shape index (κ2) is 6.54. The third-order valence-corrected chi connectivity index (χ3v) is 2.95. The average Bonchev–Trinajstić information content (AvgIpc) is 2.28. The lowest BCUT2D eigenvalue weighted by Crippen LogP contribution is -2.28. The van der Waals surface area contributed by atoms with E-state index in [1.54, 1.807) is 0 Å². The molecule has 1 amide bonds. The van der Waals surface area contributed by atoms with Crippen LogP contribution in [0.15, 0.2) is 24.3 Å². The van der Waals surface area contributed by atoms with Gasteiger partial charge in [-0.3, -0.25) is 4.79 Å². The number of halogens is 1. The molecule has 0 bridgehead atoms. The van der Waals surface area contributed by atoms with E-state index in [2.05, 4.69) is 12.2 Å². The molecule has 1 N–H and O–H groups in total. The second-order valence-corrected chi connectivity index (χ2v) is 4.41. The maximum atomic E-state index is 11.7. The fourth-order valence-electron chi connectivity index (χ4n) is 1.56. The van der Waals surface area contributed by atoms with Gasteiger partial charge >= 0.3 is 0 Å². The molecule has 0 saturated heterocycles. The van der Waals surface area contributed by atoms with Crippen molar-refractivity contribution in [1.82, 2.24) is 5.32 Å². The number of carbonyl (C=O) groups is 1. The Morgan fingerprint density at radius 1 is 1.44 bits per heavy atom. The van der Waals surface area contributed by atoms with Gasteiger partial charge in [-0.2, -0.15) is 0 Å². The third kappa shape index (κ3) is 3.86. The van der Waals surface area contributed by atoms with Crippen molar-refractivity contribution in [3.8, 4) is 0 Å². The van der Waals surface area contributed by atoms with Crippen LogP contribution in [0.3, 0.4) is 0 Å². The number of carbonyl (C=O) groups excluding carboxylic acids is 1. The number of benzene rings is 1. The summed E-state index contributed by atoms with van der Waals surface area (Å²) in [4.78, 5) is 11.7. The molecule has 1 aromatic rings. The molecule has 2 nitrogen and oxygen atoms in total. The molecule has 0 aliphatic heterocycles. The molecule has 0 aliphatic carbocycles. The lowest BCUT2D eigenvalue weighted by atomic mass is 10.1. The monoisotopic (exact) mass is 239 g/mol. The van der Waals surface area contributed by atoms with Gasteiger partial charge in [-0.1, -0.05) is 50.1 Å². The zero-order valence-electron chi connectivity index (χ0n) is 9.79. The Kier molecular flexibility index (Phi) is 5.33. The summed E-state index contributed by atoms with van der Waals surface area (Å²) in [5, 5.41) is 3.60. The van der Waals surface area contributed by atoms with E-state index in [0.29, 0.717) is 11.6 Å². The summed E-state index contributed by atoms with van der Waals surface area (Å²) >= 11 is 6.00. The molecular formula is C13H18ClNO. The Hall–Kier alpha value is -1.02. The largest absolute Gasteiger partial charge is 0.352 e. The Balaban J connectivity index is 2.46. The summed E-state index contributed by atoms with van der Waals surface area (Å²) in [6, 6.07) is 7.56. The molecule has 3 heteroatoms. The van der Waals surface area contributed by atoms with Crippen molar-refractivity contribution in [3.63, 3.8) is 0 Å². The number of nitrogens with one attached hydrogen (secondary N) is 1. The van der Waals surface area contributed by atoms with Crippen molar-refractivity contribution in [3.05, 3.63) is 34.9 Å². The first kappa shape index (κ1) is 13.0. The van der Waals surface area contributed by atoms with Crippen LogP contribution in [0.4, 0.5) is 0 Å². The van der Waals surface area contributed by atoms with E-state index in [4.69, 9.17) is 11.6 Å². The first-order valence-corrected chi connectivity index (χ1v) is 6.04. The van der Waals surface area contributed by atoms with E-state index < -0.39 is 0 Å². The molecule has 0 saturated carbocycles. The minimum absolute atomic E-state index is 0.0764. The Bertz CT molecular complexity index is 352.